The Balaban J connectivity index is 2.06. The molecular weight excluding hydrogens is 244 g/mol. The predicted molar refractivity (Wildman–Crippen MR) is 65.0 cm³/mol. The second-order valence-electron chi connectivity index (χ2n) is 3.42. The minimum Gasteiger partial charge on any atom is -0.149 e. The molecule has 0 nitrogen and oxygen atoms in total. The van der Waals surface area contributed by atoms with Crippen molar-refractivity contribution in [2.45, 2.75) is 39.0 Å². The van der Waals surface area contributed by atoms with Crippen molar-refractivity contribution in [1.29, 1.82) is 0 Å². The molecule has 0 amide bonds. The Hall–Kier alpha value is 0.180. The molecule has 1 aromatic heterocycles. The second kappa shape index (κ2) is 6.61. The number of rotatable bonds is 6. The summed E-state index contributed by atoms with van der Waals surface area (Å²) in [5.41, 5.74) is 1.53. The van der Waals surface area contributed by atoms with Crippen LogP contribution in [0.4, 0.5) is 0 Å². The van der Waals surface area contributed by atoms with E-state index in [9.17, 15) is 0 Å². The fourth-order valence-corrected chi connectivity index (χ4v) is 2.55. The molecule has 74 valence electrons. The second-order valence-corrected chi connectivity index (χ2v) is 5.33. The van der Waals surface area contributed by atoms with Gasteiger partial charge in [0.1, 0.15) is 0 Å². The molecule has 0 aliphatic heterocycles. The van der Waals surface area contributed by atoms with E-state index in [1.54, 1.807) is 0 Å². The Labute approximate surface area is 93.5 Å². The third-order valence-corrected chi connectivity index (χ3v) is 3.60. The zero-order valence-electron chi connectivity index (χ0n) is 8.18. The van der Waals surface area contributed by atoms with Crippen LogP contribution >= 0.6 is 27.3 Å². The van der Waals surface area contributed by atoms with E-state index in [1.807, 2.05) is 11.3 Å². The average Bonchev–Trinajstić information content (AvgIpc) is 2.51. The van der Waals surface area contributed by atoms with Crippen molar-refractivity contribution in [1.82, 2.24) is 0 Å². The molecule has 13 heavy (non-hydrogen) atoms. The maximum absolute atomic E-state index is 3.45. The molecular formula is C11H17BrS. The number of thiophene rings is 1. The number of aryl methyl sites for hydroxylation is 2. The van der Waals surface area contributed by atoms with Crippen molar-refractivity contribution in [3.8, 4) is 0 Å². The maximum atomic E-state index is 3.45. The summed E-state index contributed by atoms with van der Waals surface area (Å²) in [5.74, 6) is 0. The number of hydrogen-bond donors (Lipinski definition) is 0. The van der Waals surface area contributed by atoms with Gasteiger partial charge in [-0.15, -0.1) is 11.3 Å². The third kappa shape index (κ3) is 4.82. The Morgan fingerprint density at radius 1 is 1.23 bits per heavy atom. The van der Waals surface area contributed by atoms with Gasteiger partial charge in [-0.1, -0.05) is 28.8 Å². The fraction of sp³-hybridized carbons (Fsp3) is 0.636. The van der Waals surface area contributed by atoms with Crippen molar-refractivity contribution in [3.05, 3.63) is 21.9 Å². The topological polar surface area (TPSA) is 0 Å². The van der Waals surface area contributed by atoms with E-state index in [4.69, 9.17) is 0 Å². The zero-order chi connectivity index (χ0) is 9.52. The van der Waals surface area contributed by atoms with Crippen LogP contribution in [0, 0.1) is 6.92 Å². The quantitative estimate of drug-likeness (QED) is 0.520. The molecule has 0 saturated carbocycles. The predicted octanol–water partition coefficient (Wildman–Crippen LogP) is 4.55. The first-order valence-corrected chi connectivity index (χ1v) is 6.93. The van der Waals surface area contributed by atoms with Crippen molar-refractivity contribution in [2.24, 2.45) is 0 Å². The lowest BCUT2D eigenvalue weighted by Crippen LogP contribution is -1.83. The van der Waals surface area contributed by atoms with Crippen LogP contribution < -0.4 is 0 Å². The normalized spacial score (nSPS) is 10.6. The fourth-order valence-electron chi connectivity index (χ4n) is 1.41. The van der Waals surface area contributed by atoms with Gasteiger partial charge >= 0.3 is 0 Å². The first-order chi connectivity index (χ1) is 6.33. The molecule has 0 saturated heterocycles. The van der Waals surface area contributed by atoms with Crippen molar-refractivity contribution < 1.29 is 0 Å². The molecule has 1 rings (SSSR count). The molecule has 0 unspecified atom stereocenters. The summed E-state index contributed by atoms with van der Waals surface area (Å²) in [6, 6.07) is 2.31. The summed E-state index contributed by atoms with van der Waals surface area (Å²) in [4.78, 5) is 1.44. The van der Waals surface area contributed by atoms with Gasteiger partial charge in [-0.05, 0) is 43.2 Å². The number of alkyl halides is 1. The molecule has 0 aliphatic rings. The molecule has 1 heterocycles. The molecule has 0 fully saturated rings. The lowest BCUT2D eigenvalue weighted by atomic mass is 10.1. The Kier molecular flexibility index (Phi) is 5.72. The van der Waals surface area contributed by atoms with Gasteiger partial charge in [0.2, 0.25) is 0 Å². The van der Waals surface area contributed by atoms with Gasteiger partial charge in [0.25, 0.3) is 0 Å². The highest BCUT2D eigenvalue weighted by Gasteiger charge is 1.95. The molecule has 0 atom stereocenters. The molecule has 0 aliphatic carbocycles. The van der Waals surface area contributed by atoms with Gasteiger partial charge < -0.3 is 0 Å². The van der Waals surface area contributed by atoms with E-state index in [1.165, 1.54) is 42.5 Å². The van der Waals surface area contributed by atoms with Gasteiger partial charge in [0.05, 0.1) is 0 Å². The highest BCUT2D eigenvalue weighted by molar-refractivity contribution is 9.09. The van der Waals surface area contributed by atoms with Crippen LogP contribution in [0.5, 0.6) is 0 Å². The van der Waals surface area contributed by atoms with E-state index >= 15 is 0 Å². The number of unbranched alkanes of at least 4 members (excludes halogenated alkanes) is 3. The Bertz CT molecular complexity index is 230. The van der Waals surface area contributed by atoms with Crippen molar-refractivity contribution in [2.75, 3.05) is 5.33 Å². The third-order valence-electron chi connectivity index (χ3n) is 2.13. The van der Waals surface area contributed by atoms with E-state index in [2.05, 4.69) is 34.3 Å². The van der Waals surface area contributed by atoms with Crippen LogP contribution in [-0.4, -0.2) is 5.33 Å². The van der Waals surface area contributed by atoms with Gasteiger partial charge in [-0.2, -0.15) is 0 Å². The first-order valence-electron chi connectivity index (χ1n) is 4.93. The van der Waals surface area contributed by atoms with E-state index < -0.39 is 0 Å². The van der Waals surface area contributed by atoms with Crippen LogP contribution in [0.25, 0.3) is 0 Å². The highest BCUT2D eigenvalue weighted by Crippen LogP contribution is 2.15. The number of halogens is 1. The van der Waals surface area contributed by atoms with E-state index in [-0.39, 0.29) is 0 Å². The van der Waals surface area contributed by atoms with Crippen molar-refractivity contribution >= 4 is 27.3 Å². The van der Waals surface area contributed by atoms with Gasteiger partial charge in [-0.3, -0.25) is 0 Å². The van der Waals surface area contributed by atoms with Crippen LogP contribution in [0.2, 0.25) is 0 Å². The van der Waals surface area contributed by atoms with Gasteiger partial charge in [-0.25, -0.2) is 0 Å². The van der Waals surface area contributed by atoms with E-state index in [0.29, 0.717) is 0 Å². The first kappa shape index (κ1) is 11.3. The summed E-state index contributed by atoms with van der Waals surface area (Å²) >= 11 is 5.32. The summed E-state index contributed by atoms with van der Waals surface area (Å²) in [6.45, 7) is 2.18. The standard InChI is InChI=1S/C11H17BrS/c1-10-8-11(9-13-10)6-4-2-3-5-7-12/h8-9H,2-7H2,1H3. The average molecular weight is 261 g/mol. The lowest BCUT2D eigenvalue weighted by molar-refractivity contribution is 0.672. The molecule has 2 heteroatoms. The summed E-state index contributed by atoms with van der Waals surface area (Å²) < 4.78 is 0. The minimum atomic E-state index is 1.16. The molecule has 0 N–H and O–H groups in total. The van der Waals surface area contributed by atoms with Crippen LogP contribution in [0.15, 0.2) is 11.4 Å². The lowest BCUT2D eigenvalue weighted by Gasteiger charge is -1.97. The largest absolute Gasteiger partial charge is 0.149 e. The molecule has 0 bridgehead atoms. The zero-order valence-corrected chi connectivity index (χ0v) is 10.6. The molecule has 0 spiro atoms. The molecule has 1 aromatic rings. The van der Waals surface area contributed by atoms with Gasteiger partial charge in [0.15, 0.2) is 0 Å². The molecule has 0 radical (unpaired) electrons. The Morgan fingerprint density at radius 3 is 2.62 bits per heavy atom. The summed E-state index contributed by atoms with van der Waals surface area (Å²) in [6.07, 6.45) is 6.69. The van der Waals surface area contributed by atoms with E-state index in [0.717, 1.165) is 5.33 Å². The van der Waals surface area contributed by atoms with Crippen molar-refractivity contribution in [3.63, 3.8) is 0 Å². The number of hydrogen-bond acceptors (Lipinski definition) is 1. The van der Waals surface area contributed by atoms with Gasteiger partial charge in [0, 0.05) is 10.2 Å². The smallest absolute Gasteiger partial charge is 0.00313 e. The highest BCUT2D eigenvalue weighted by atomic mass is 79.9. The Morgan fingerprint density at radius 2 is 2.00 bits per heavy atom. The van der Waals surface area contributed by atoms with Crippen LogP contribution in [-0.2, 0) is 6.42 Å². The van der Waals surface area contributed by atoms with Crippen LogP contribution in [0.3, 0.4) is 0 Å². The van der Waals surface area contributed by atoms with Crippen LogP contribution in [0.1, 0.15) is 36.1 Å². The monoisotopic (exact) mass is 260 g/mol. The molecule has 0 aromatic carbocycles. The maximum Gasteiger partial charge on any atom is 0.00313 e. The minimum absolute atomic E-state index is 1.16. The summed E-state index contributed by atoms with van der Waals surface area (Å²) in [7, 11) is 0. The SMILES string of the molecule is Cc1cc(CCCCCCBr)cs1. The summed E-state index contributed by atoms with van der Waals surface area (Å²) in [5, 5.41) is 3.45.